The van der Waals surface area contributed by atoms with Crippen molar-refractivity contribution in [1.29, 1.82) is 0 Å². The number of phenols is 1. The van der Waals surface area contributed by atoms with Crippen LogP contribution in [0, 0.1) is 13.8 Å². The molecule has 0 radical (unpaired) electrons. The first kappa shape index (κ1) is 25.2. The number of phenolic OH excluding ortho intramolecular Hbond substituents is 1. The molecule has 0 fully saturated rings. The maximum absolute atomic E-state index is 11.2. The number of rotatable bonds is 6. The largest absolute Gasteiger partial charge is 0.507 e. The average molecular weight is 460 g/mol. The minimum absolute atomic E-state index is 0.0220. The Morgan fingerprint density at radius 3 is 2.15 bits per heavy atom. The standard InChI is InChI=1S/C30H38NOP/c1-9-30(7,25-19-23(29(4,5)6)18-21(3)27(25)32)33-28-20(2)14-13-17-24(28)26(31-8)22-15-11-10-12-16-22/h10-19,32-33H,9H2,1-8H3. The maximum Gasteiger partial charge on any atom is 0.122 e. The third kappa shape index (κ3) is 5.22. The summed E-state index contributed by atoms with van der Waals surface area (Å²) in [5.74, 6) is 0.433. The van der Waals surface area contributed by atoms with E-state index in [0.717, 1.165) is 28.8 Å². The normalized spacial score (nSPS) is 14.6. The number of aliphatic imine (C=N–C) groups is 1. The van der Waals surface area contributed by atoms with Crippen LogP contribution in [0.25, 0.3) is 0 Å². The topological polar surface area (TPSA) is 32.6 Å². The van der Waals surface area contributed by atoms with Gasteiger partial charge in [0.2, 0.25) is 0 Å². The number of nitrogens with zero attached hydrogens (tertiary/aromatic N) is 1. The number of aromatic hydroxyl groups is 1. The van der Waals surface area contributed by atoms with E-state index in [1.165, 1.54) is 22.0 Å². The summed E-state index contributed by atoms with van der Waals surface area (Å²) in [4.78, 5) is 4.71. The number of aryl methyl sites for hydroxylation is 2. The second-order valence-electron chi connectivity index (χ2n) is 10.2. The Labute approximate surface area is 202 Å². The van der Waals surface area contributed by atoms with Crippen molar-refractivity contribution >= 4 is 19.6 Å². The number of hydrogen-bond acceptors (Lipinski definition) is 2. The fraction of sp³-hybridized carbons (Fsp3) is 0.367. The molecule has 3 heteroatoms. The lowest BCUT2D eigenvalue weighted by atomic mass is 9.82. The van der Waals surface area contributed by atoms with E-state index in [-0.39, 0.29) is 10.6 Å². The molecule has 33 heavy (non-hydrogen) atoms. The molecule has 174 valence electrons. The predicted molar refractivity (Wildman–Crippen MR) is 146 cm³/mol. The summed E-state index contributed by atoms with van der Waals surface area (Å²) in [5, 5.41) is 12.3. The van der Waals surface area contributed by atoms with E-state index in [4.69, 9.17) is 4.99 Å². The van der Waals surface area contributed by atoms with Gasteiger partial charge in [0.25, 0.3) is 0 Å². The summed E-state index contributed by atoms with van der Waals surface area (Å²) in [7, 11) is 2.37. The molecule has 0 bridgehead atoms. The SMILES string of the molecule is CCC(C)(Pc1c(C)cccc1C(=NC)c1ccccc1)c1cc(C(C)(C)C)cc(C)c1O. The van der Waals surface area contributed by atoms with Gasteiger partial charge in [-0.15, -0.1) is 0 Å². The van der Waals surface area contributed by atoms with Gasteiger partial charge < -0.3 is 5.11 Å². The summed E-state index contributed by atoms with van der Waals surface area (Å²) >= 11 is 0. The summed E-state index contributed by atoms with van der Waals surface area (Å²) < 4.78 is 0. The Morgan fingerprint density at radius 1 is 0.909 bits per heavy atom. The molecule has 0 aliphatic heterocycles. The van der Waals surface area contributed by atoms with Crippen molar-refractivity contribution in [3.63, 3.8) is 0 Å². The van der Waals surface area contributed by atoms with Crippen LogP contribution in [0.2, 0.25) is 0 Å². The number of hydrogen-bond donors (Lipinski definition) is 1. The quantitative estimate of drug-likeness (QED) is 0.302. The highest BCUT2D eigenvalue weighted by Gasteiger charge is 2.32. The summed E-state index contributed by atoms with van der Waals surface area (Å²) in [6, 6.07) is 21.3. The van der Waals surface area contributed by atoms with Gasteiger partial charge in [0.1, 0.15) is 5.75 Å². The van der Waals surface area contributed by atoms with Crippen LogP contribution in [0.5, 0.6) is 5.75 Å². The van der Waals surface area contributed by atoms with Crippen molar-refractivity contribution in [3.8, 4) is 5.75 Å². The Balaban J connectivity index is 2.18. The van der Waals surface area contributed by atoms with Crippen molar-refractivity contribution in [2.75, 3.05) is 7.05 Å². The molecule has 0 spiro atoms. The minimum atomic E-state index is -0.188. The van der Waals surface area contributed by atoms with Gasteiger partial charge >= 0.3 is 0 Å². The van der Waals surface area contributed by atoms with E-state index in [2.05, 4.69) is 96.1 Å². The van der Waals surface area contributed by atoms with Gasteiger partial charge in [-0.1, -0.05) is 104 Å². The molecule has 0 amide bonds. The molecule has 3 aromatic rings. The van der Waals surface area contributed by atoms with E-state index in [0.29, 0.717) is 14.3 Å². The molecule has 1 N–H and O–H groups in total. The van der Waals surface area contributed by atoms with Crippen molar-refractivity contribution < 1.29 is 5.11 Å². The maximum atomic E-state index is 11.2. The van der Waals surface area contributed by atoms with Crippen molar-refractivity contribution in [1.82, 2.24) is 0 Å². The van der Waals surface area contributed by atoms with Crippen LogP contribution in [-0.2, 0) is 10.6 Å². The Hall–Kier alpha value is -2.44. The molecule has 0 aliphatic carbocycles. The van der Waals surface area contributed by atoms with Crippen LogP contribution in [0.4, 0.5) is 0 Å². The lowest BCUT2D eigenvalue weighted by molar-refractivity contribution is 0.450. The van der Waals surface area contributed by atoms with Gasteiger partial charge in [-0.2, -0.15) is 0 Å². The lowest BCUT2D eigenvalue weighted by Gasteiger charge is -2.34. The van der Waals surface area contributed by atoms with E-state index in [1.54, 1.807) is 0 Å². The number of benzene rings is 3. The minimum Gasteiger partial charge on any atom is -0.507 e. The second-order valence-corrected chi connectivity index (χ2v) is 12.0. The van der Waals surface area contributed by atoms with Gasteiger partial charge in [-0.05, 0) is 47.7 Å². The molecule has 2 atom stereocenters. The highest BCUT2D eigenvalue weighted by Crippen LogP contribution is 2.49. The molecule has 0 heterocycles. The van der Waals surface area contributed by atoms with Crippen LogP contribution in [0.1, 0.15) is 74.4 Å². The average Bonchev–Trinajstić information content (AvgIpc) is 2.78. The van der Waals surface area contributed by atoms with E-state index in [9.17, 15) is 5.11 Å². The molecule has 2 nitrogen and oxygen atoms in total. The summed E-state index contributed by atoms with van der Waals surface area (Å²) in [6.07, 6.45) is 0.934. The van der Waals surface area contributed by atoms with Crippen LogP contribution in [0.3, 0.4) is 0 Å². The first-order valence-electron chi connectivity index (χ1n) is 11.8. The molecular weight excluding hydrogens is 421 g/mol. The highest BCUT2D eigenvalue weighted by atomic mass is 31.1. The predicted octanol–water partition coefficient (Wildman–Crippen LogP) is 7.40. The lowest BCUT2D eigenvalue weighted by Crippen LogP contribution is -2.25. The summed E-state index contributed by atoms with van der Waals surface area (Å²) in [6.45, 7) is 15.4. The van der Waals surface area contributed by atoms with Crippen LogP contribution in [-0.4, -0.2) is 17.9 Å². The molecule has 0 aromatic heterocycles. The monoisotopic (exact) mass is 459 g/mol. The Kier molecular flexibility index (Phi) is 7.49. The second kappa shape index (κ2) is 9.82. The third-order valence-corrected chi connectivity index (χ3v) is 8.76. The molecule has 3 rings (SSSR count). The molecule has 0 aliphatic rings. The fourth-order valence-corrected chi connectivity index (χ4v) is 5.96. The first-order chi connectivity index (χ1) is 15.5. The van der Waals surface area contributed by atoms with Crippen molar-refractivity contribution in [2.24, 2.45) is 4.99 Å². The molecular formula is C30H38NOP. The van der Waals surface area contributed by atoms with E-state index >= 15 is 0 Å². The van der Waals surface area contributed by atoms with Crippen LogP contribution in [0.15, 0.2) is 65.7 Å². The third-order valence-electron chi connectivity index (χ3n) is 6.67. The molecule has 3 aromatic carbocycles. The Morgan fingerprint density at radius 2 is 1.58 bits per heavy atom. The van der Waals surface area contributed by atoms with E-state index in [1.807, 2.05) is 20.0 Å². The molecule has 0 saturated carbocycles. The zero-order chi connectivity index (χ0) is 24.4. The van der Waals surface area contributed by atoms with Gasteiger partial charge in [0.15, 0.2) is 0 Å². The Bertz CT molecular complexity index is 1160. The van der Waals surface area contributed by atoms with Crippen LogP contribution < -0.4 is 5.30 Å². The van der Waals surface area contributed by atoms with Crippen molar-refractivity contribution in [2.45, 2.75) is 65.5 Å². The van der Waals surface area contributed by atoms with Gasteiger partial charge in [-0.25, -0.2) is 0 Å². The van der Waals surface area contributed by atoms with Gasteiger partial charge in [-0.3, -0.25) is 4.99 Å². The molecule has 2 unspecified atom stereocenters. The summed E-state index contributed by atoms with van der Waals surface area (Å²) in [5.41, 5.74) is 7.89. The smallest absolute Gasteiger partial charge is 0.122 e. The van der Waals surface area contributed by atoms with Gasteiger partial charge in [0.05, 0.1) is 5.71 Å². The van der Waals surface area contributed by atoms with Gasteiger partial charge in [0, 0.05) is 28.9 Å². The van der Waals surface area contributed by atoms with Crippen LogP contribution >= 0.6 is 8.58 Å². The molecule has 0 saturated heterocycles. The van der Waals surface area contributed by atoms with Crippen molar-refractivity contribution in [3.05, 3.63) is 94.0 Å². The zero-order valence-corrected chi connectivity index (χ0v) is 22.4. The highest BCUT2D eigenvalue weighted by molar-refractivity contribution is 7.49. The first-order valence-corrected chi connectivity index (χ1v) is 12.8. The fourth-order valence-electron chi connectivity index (χ4n) is 4.29. The zero-order valence-electron chi connectivity index (χ0n) is 21.4. The van der Waals surface area contributed by atoms with E-state index < -0.39 is 0 Å².